The first kappa shape index (κ1) is 16.6. The van der Waals surface area contributed by atoms with E-state index in [0.717, 1.165) is 17.0 Å². The number of thioether (sulfide) groups is 1. The lowest BCUT2D eigenvalue weighted by Crippen LogP contribution is -2.40. The van der Waals surface area contributed by atoms with Crippen molar-refractivity contribution in [3.8, 4) is 0 Å². The van der Waals surface area contributed by atoms with Gasteiger partial charge in [0.15, 0.2) is 0 Å². The van der Waals surface area contributed by atoms with Gasteiger partial charge in [-0.05, 0) is 27.7 Å². The van der Waals surface area contributed by atoms with Crippen LogP contribution in [-0.4, -0.2) is 35.3 Å². The van der Waals surface area contributed by atoms with Gasteiger partial charge < -0.3 is 15.2 Å². The van der Waals surface area contributed by atoms with Crippen LogP contribution < -0.4 is 10.6 Å². The van der Waals surface area contributed by atoms with Crippen molar-refractivity contribution >= 4 is 23.6 Å². The maximum absolute atomic E-state index is 11.6. The predicted molar refractivity (Wildman–Crippen MR) is 78.4 cm³/mol. The standard InChI is InChI=1S/C13H21N3O3S/c1-8(2)15-12(17)5-14-13(18)7-20-6-11-9(3)16-19-10(11)4/h8H,5-7H2,1-4H3,(H,14,18)(H,15,17). The van der Waals surface area contributed by atoms with Crippen molar-refractivity contribution in [3.63, 3.8) is 0 Å². The molecule has 0 aromatic carbocycles. The van der Waals surface area contributed by atoms with Crippen molar-refractivity contribution in [1.82, 2.24) is 15.8 Å². The zero-order valence-corrected chi connectivity index (χ0v) is 13.1. The Morgan fingerprint density at radius 1 is 1.30 bits per heavy atom. The van der Waals surface area contributed by atoms with E-state index in [1.54, 1.807) is 0 Å². The Morgan fingerprint density at radius 2 is 2.00 bits per heavy atom. The summed E-state index contributed by atoms with van der Waals surface area (Å²) in [4.78, 5) is 22.9. The Balaban J connectivity index is 2.22. The predicted octanol–water partition coefficient (Wildman–Crippen LogP) is 1.17. The molecular weight excluding hydrogens is 278 g/mol. The lowest BCUT2D eigenvalue weighted by atomic mass is 10.2. The van der Waals surface area contributed by atoms with Crippen LogP contribution in [0.15, 0.2) is 4.52 Å². The summed E-state index contributed by atoms with van der Waals surface area (Å²) < 4.78 is 5.05. The molecular formula is C13H21N3O3S. The third-order valence-electron chi connectivity index (χ3n) is 2.56. The summed E-state index contributed by atoms with van der Waals surface area (Å²) in [5, 5.41) is 9.16. The molecule has 1 heterocycles. The molecule has 0 unspecified atom stereocenters. The summed E-state index contributed by atoms with van der Waals surface area (Å²) in [5.74, 6) is 1.43. The molecule has 20 heavy (non-hydrogen) atoms. The minimum absolute atomic E-state index is 0.0168. The van der Waals surface area contributed by atoms with Crippen molar-refractivity contribution in [3.05, 3.63) is 17.0 Å². The summed E-state index contributed by atoms with van der Waals surface area (Å²) >= 11 is 1.47. The van der Waals surface area contributed by atoms with Gasteiger partial charge in [0, 0.05) is 17.4 Å². The van der Waals surface area contributed by atoms with E-state index in [1.807, 2.05) is 27.7 Å². The maximum Gasteiger partial charge on any atom is 0.239 e. The molecule has 2 amide bonds. The van der Waals surface area contributed by atoms with E-state index in [2.05, 4.69) is 15.8 Å². The Hall–Kier alpha value is -1.50. The topological polar surface area (TPSA) is 84.2 Å². The van der Waals surface area contributed by atoms with Crippen LogP contribution in [0, 0.1) is 13.8 Å². The highest BCUT2D eigenvalue weighted by atomic mass is 32.2. The molecule has 0 aliphatic carbocycles. The minimum Gasteiger partial charge on any atom is -0.361 e. The average Bonchev–Trinajstić information content (AvgIpc) is 2.67. The summed E-state index contributed by atoms with van der Waals surface area (Å²) in [6.07, 6.45) is 0. The fourth-order valence-corrected chi connectivity index (χ4v) is 2.56. The zero-order valence-electron chi connectivity index (χ0n) is 12.3. The molecule has 1 aromatic heterocycles. The average molecular weight is 299 g/mol. The number of amides is 2. The highest BCUT2D eigenvalue weighted by molar-refractivity contribution is 7.99. The van der Waals surface area contributed by atoms with Gasteiger partial charge >= 0.3 is 0 Å². The number of nitrogens with one attached hydrogen (secondary N) is 2. The van der Waals surface area contributed by atoms with Gasteiger partial charge in [-0.25, -0.2) is 0 Å². The van der Waals surface area contributed by atoms with Crippen LogP contribution in [0.3, 0.4) is 0 Å². The third kappa shape index (κ3) is 5.64. The molecule has 0 bridgehead atoms. The van der Waals surface area contributed by atoms with Crippen LogP contribution in [0.2, 0.25) is 0 Å². The van der Waals surface area contributed by atoms with Crippen LogP contribution in [0.5, 0.6) is 0 Å². The first-order valence-electron chi connectivity index (χ1n) is 6.45. The van der Waals surface area contributed by atoms with E-state index in [9.17, 15) is 9.59 Å². The second-order valence-corrected chi connectivity index (χ2v) is 5.78. The van der Waals surface area contributed by atoms with Crippen LogP contribution in [-0.2, 0) is 15.3 Å². The van der Waals surface area contributed by atoms with Gasteiger partial charge in [-0.1, -0.05) is 5.16 Å². The van der Waals surface area contributed by atoms with Crippen LogP contribution in [0.1, 0.15) is 30.9 Å². The SMILES string of the molecule is Cc1noc(C)c1CSCC(=O)NCC(=O)NC(C)C. The van der Waals surface area contributed by atoms with Crippen molar-refractivity contribution in [2.75, 3.05) is 12.3 Å². The molecule has 0 spiro atoms. The quantitative estimate of drug-likeness (QED) is 0.789. The smallest absolute Gasteiger partial charge is 0.239 e. The highest BCUT2D eigenvalue weighted by Gasteiger charge is 2.11. The van der Waals surface area contributed by atoms with Gasteiger partial charge in [0.25, 0.3) is 0 Å². The van der Waals surface area contributed by atoms with Crippen molar-refractivity contribution in [2.24, 2.45) is 0 Å². The molecule has 6 nitrogen and oxygen atoms in total. The molecule has 112 valence electrons. The molecule has 1 rings (SSSR count). The van der Waals surface area contributed by atoms with Gasteiger partial charge in [0.2, 0.25) is 11.8 Å². The normalized spacial score (nSPS) is 10.7. The van der Waals surface area contributed by atoms with E-state index in [4.69, 9.17) is 4.52 Å². The zero-order chi connectivity index (χ0) is 15.1. The van der Waals surface area contributed by atoms with E-state index in [0.29, 0.717) is 11.5 Å². The lowest BCUT2D eigenvalue weighted by Gasteiger charge is -2.09. The van der Waals surface area contributed by atoms with Gasteiger partial charge in [-0.15, -0.1) is 11.8 Å². The number of rotatable bonds is 7. The molecule has 0 fully saturated rings. The lowest BCUT2D eigenvalue weighted by molar-refractivity contribution is -0.125. The Kier molecular flexibility index (Phi) is 6.57. The summed E-state index contributed by atoms with van der Waals surface area (Å²) in [7, 11) is 0. The molecule has 0 atom stereocenters. The highest BCUT2D eigenvalue weighted by Crippen LogP contribution is 2.19. The largest absolute Gasteiger partial charge is 0.361 e. The first-order chi connectivity index (χ1) is 9.40. The minimum atomic E-state index is -0.177. The van der Waals surface area contributed by atoms with E-state index in [1.165, 1.54) is 11.8 Å². The number of hydrogen-bond acceptors (Lipinski definition) is 5. The maximum atomic E-state index is 11.6. The molecule has 0 saturated carbocycles. The van der Waals surface area contributed by atoms with Gasteiger partial charge in [0.1, 0.15) is 5.76 Å². The Morgan fingerprint density at radius 3 is 2.55 bits per heavy atom. The summed E-state index contributed by atoms with van der Waals surface area (Å²) in [6, 6.07) is 0.0771. The third-order valence-corrected chi connectivity index (χ3v) is 3.52. The first-order valence-corrected chi connectivity index (χ1v) is 7.61. The number of aromatic nitrogens is 1. The van der Waals surface area contributed by atoms with Gasteiger partial charge in [-0.2, -0.15) is 0 Å². The van der Waals surface area contributed by atoms with Gasteiger partial charge in [0.05, 0.1) is 18.0 Å². The monoisotopic (exact) mass is 299 g/mol. The summed E-state index contributed by atoms with van der Waals surface area (Å²) in [6.45, 7) is 7.50. The number of carbonyl (C=O) groups is 2. The molecule has 1 aromatic rings. The molecule has 2 N–H and O–H groups in total. The van der Waals surface area contributed by atoms with Crippen LogP contribution in [0.25, 0.3) is 0 Å². The fourth-order valence-electron chi connectivity index (χ4n) is 1.56. The molecule has 0 saturated heterocycles. The number of carbonyl (C=O) groups excluding carboxylic acids is 2. The number of nitrogens with zero attached hydrogens (tertiary/aromatic N) is 1. The molecule has 0 aliphatic rings. The van der Waals surface area contributed by atoms with E-state index in [-0.39, 0.29) is 24.4 Å². The second-order valence-electron chi connectivity index (χ2n) is 4.79. The molecule has 0 aliphatic heterocycles. The van der Waals surface area contributed by atoms with E-state index < -0.39 is 0 Å². The molecule has 7 heteroatoms. The van der Waals surface area contributed by atoms with Crippen LogP contribution >= 0.6 is 11.8 Å². The number of hydrogen-bond donors (Lipinski definition) is 2. The summed E-state index contributed by atoms with van der Waals surface area (Å²) in [5.41, 5.74) is 1.88. The number of aryl methyl sites for hydroxylation is 2. The molecule has 0 radical (unpaired) electrons. The van der Waals surface area contributed by atoms with Gasteiger partial charge in [-0.3, -0.25) is 9.59 Å². The Labute approximate surface area is 123 Å². The second kappa shape index (κ2) is 7.94. The van der Waals surface area contributed by atoms with Crippen molar-refractivity contribution in [1.29, 1.82) is 0 Å². The van der Waals surface area contributed by atoms with E-state index >= 15 is 0 Å². The Bertz CT molecular complexity index is 452. The van der Waals surface area contributed by atoms with Crippen molar-refractivity contribution < 1.29 is 14.1 Å². The van der Waals surface area contributed by atoms with Crippen LogP contribution in [0.4, 0.5) is 0 Å². The van der Waals surface area contributed by atoms with Crippen molar-refractivity contribution in [2.45, 2.75) is 39.5 Å². The fraction of sp³-hybridized carbons (Fsp3) is 0.615.